The monoisotopic (exact) mass is 345 g/mol. The first kappa shape index (κ1) is 14.6. The largest absolute Gasteiger partial charge is 0.496 e. The van der Waals surface area contributed by atoms with Gasteiger partial charge in [-0.05, 0) is 54.0 Å². The van der Waals surface area contributed by atoms with Crippen LogP contribution in [-0.2, 0) is 6.42 Å². The summed E-state index contributed by atoms with van der Waals surface area (Å²) in [4.78, 5) is 0. The zero-order chi connectivity index (χ0) is 14.8. The van der Waals surface area contributed by atoms with Gasteiger partial charge in [-0.15, -0.1) is 0 Å². The van der Waals surface area contributed by atoms with E-state index in [0.717, 1.165) is 16.6 Å². The van der Waals surface area contributed by atoms with Gasteiger partial charge >= 0.3 is 0 Å². The molecule has 0 amide bonds. The maximum Gasteiger partial charge on any atom is 0.122 e. The molecule has 3 atom stereocenters. The standard InChI is InChI=1S/C18H20BrNO/c1-21-18-8-7-14(19)9-13(18)10-17(20)16-11-15(16)12-5-3-2-4-6-12/h2-9,15-17H,10-11,20H2,1H3. The van der Waals surface area contributed by atoms with E-state index in [4.69, 9.17) is 10.5 Å². The minimum Gasteiger partial charge on any atom is -0.496 e. The molecule has 0 radical (unpaired) electrons. The van der Waals surface area contributed by atoms with E-state index in [1.807, 2.05) is 12.1 Å². The molecule has 21 heavy (non-hydrogen) atoms. The van der Waals surface area contributed by atoms with E-state index in [0.29, 0.717) is 11.8 Å². The van der Waals surface area contributed by atoms with Crippen LogP contribution in [0.2, 0.25) is 0 Å². The Hall–Kier alpha value is -1.32. The summed E-state index contributed by atoms with van der Waals surface area (Å²) in [5, 5.41) is 0. The summed E-state index contributed by atoms with van der Waals surface area (Å²) < 4.78 is 6.51. The van der Waals surface area contributed by atoms with Crippen molar-refractivity contribution in [3.05, 3.63) is 64.1 Å². The molecule has 0 spiro atoms. The van der Waals surface area contributed by atoms with Crippen molar-refractivity contribution in [3.63, 3.8) is 0 Å². The van der Waals surface area contributed by atoms with Crippen LogP contribution in [0, 0.1) is 5.92 Å². The number of rotatable bonds is 5. The molecule has 1 aliphatic carbocycles. The number of hydrogen-bond donors (Lipinski definition) is 1. The van der Waals surface area contributed by atoms with E-state index in [1.165, 1.54) is 17.5 Å². The van der Waals surface area contributed by atoms with Crippen molar-refractivity contribution >= 4 is 15.9 Å². The van der Waals surface area contributed by atoms with E-state index < -0.39 is 0 Å². The molecule has 2 nitrogen and oxygen atoms in total. The first-order chi connectivity index (χ1) is 10.2. The minimum atomic E-state index is 0.179. The van der Waals surface area contributed by atoms with E-state index >= 15 is 0 Å². The smallest absolute Gasteiger partial charge is 0.122 e. The Balaban J connectivity index is 1.68. The predicted octanol–water partition coefficient (Wildman–Crippen LogP) is 4.13. The van der Waals surface area contributed by atoms with Crippen molar-refractivity contribution < 1.29 is 4.74 Å². The third kappa shape index (κ3) is 3.30. The Morgan fingerprint density at radius 3 is 2.71 bits per heavy atom. The summed E-state index contributed by atoms with van der Waals surface area (Å²) in [7, 11) is 1.71. The molecule has 1 saturated carbocycles. The zero-order valence-corrected chi connectivity index (χ0v) is 13.7. The molecule has 2 N–H and O–H groups in total. The van der Waals surface area contributed by atoms with Crippen molar-refractivity contribution in [2.75, 3.05) is 7.11 Å². The van der Waals surface area contributed by atoms with Gasteiger partial charge in [0, 0.05) is 10.5 Å². The van der Waals surface area contributed by atoms with Crippen LogP contribution < -0.4 is 10.5 Å². The Morgan fingerprint density at radius 1 is 1.24 bits per heavy atom. The number of benzene rings is 2. The lowest BCUT2D eigenvalue weighted by atomic mass is 9.99. The SMILES string of the molecule is COc1ccc(Br)cc1CC(N)C1CC1c1ccccc1. The molecule has 0 aliphatic heterocycles. The van der Waals surface area contributed by atoms with Crippen molar-refractivity contribution in [3.8, 4) is 5.75 Å². The Labute approximate surface area is 134 Å². The summed E-state index contributed by atoms with van der Waals surface area (Å²) >= 11 is 3.52. The van der Waals surface area contributed by atoms with Gasteiger partial charge in [-0.3, -0.25) is 0 Å². The van der Waals surface area contributed by atoms with Gasteiger partial charge in [-0.1, -0.05) is 46.3 Å². The van der Waals surface area contributed by atoms with E-state index in [-0.39, 0.29) is 6.04 Å². The average molecular weight is 346 g/mol. The van der Waals surface area contributed by atoms with Crippen LogP contribution >= 0.6 is 15.9 Å². The Bertz CT molecular complexity index is 614. The number of nitrogens with two attached hydrogens (primary N) is 1. The third-order valence-corrected chi connectivity index (χ3v) is 4.81. The molecule has 110 valence electrons. The molecule has 2 aromatic carbocycles. The summed E-state index contributed by atoms with van der Waals surface area (Å²) in [6, 6.07) is 17.0. The molecular weight excluding hydrogens is 326 g/mol. The van der Waals surface area contributed by atoms with E-state index in [2.05, 4.69) is 52.3 Å². The average Bonchev–Trinajstić information content (AvgIpc) is 3.29. The highest BCUT2D eigenvalue weighted by atomic mass is 79.9. The molecular formula is C18H20BrNO. The van der Waals surface area contributed by atoms with Crippen molar-refractivity contribution in [2.24, 2.45) is 11.7 Å². The number of methoxy groups -OCH3 is 1. The van der Waals surface area contributed by atoms with Crippen LogP contribution in [0.25, 0.3) is 0 Å². The van der Waals surface area contributed by atoms with Crippen LogP contribution in [0.5, 0.6) is 5.75 Å². The zero-order valence-electron chi connectivity index (χ0n) is 12.1. The van der Waals surface area contributed by atoms with Crippen LogP contribution in [0.4, 0.5) is 0 Å². The highest BCUT2D eigenvalue weighted by molar-refractivity contribution is 9.10. The second kappa shape index (κ2) is 6.20. The van der Waals surface area contributed by atoms with Gasteiger partial charge in [0.15, 0.2) is 0 Å². The summed E-state index contributed by atoms with van der Waals surface area (Å²) in [6.45, 7) is 0. The molecule has 1 fully saturated rings. The van der Waals surface area contributed by atoms with Gasteiger partial charge in [-0.2, -0.15) is 0 Å². The van der Waals surface area contributed by atoms with E-state index in [9.17, 15) is 0 Å². The number of ether oxygens (including phenoxy) is 1. The second-order valence-corrected chi connectivity index (χ2v) is 6.66. The Kier molecular flexibility index (Phi) is 4.32. The van der Waals surface area contributed by atoms with Crippen LogP contribution in [-0.4, -0.2) is 13.2 Å². The minimum absolute atomic E-state index is 0.179. The van der Waals surface area contributed by atoms with Gasteiger partial charge in [0.25, 0.3) is 0 Å². The fourth-order valence-electron chi connectivity index (χ4n) is 3.08. The molecule has 1 aliphatic rings. The first-order valence-corrected chi connectivity index (χ1v) is 8.11. The summed E-state index contributed by atoms with van der Waals surface area (Å²) in [5.41, 5.74) is 9.04. The normalized spacial score (nSPS) is 21.9. The van der Waals surface area contributed by atoms with Gasteiger partial charge in [0.1, 0.15) is 5.75 Å². The molecule has 3 rings (SSSR count). The molecule has 0 aromatic heterocycles. The van der Waals surface area contributed by atoms with E-state index in [1.54, 1.807) is 7.11 Å². The van der Waals surface area contributed by atoms with Gasteiger partial charge in [0.05, 0.1) is 7.11 Å². The number of hydrogen-bond acceptors (Lipinski definition) is 2. The highest BCUT2D eigenvalue weighted by Gasteiger charge is 2.42. The van der Waals surface area contributed by atoms with Crippen molar-refractivity contribution in [2.45, 2.75) is 24.8 Å². The second-order valence-electron chi connectivity index (χ2n) is 5.74. The molecule has 3 heteroatoms. The molecule has 0 bridgehead atoms. The summed E-state index contributed by atoms with van der Waals surface area (Å²) in [5.74, 6) is 2.13. The lowest BCUT2D eigenvalue weighted by Gasteiger charge is -2.15. The molecule has 2 aromatic rings. The highest BCUT2D eigenvalue weighted by Crippen LogP contribution is 2.49. The molecule has 3 unspecified atom stereocenters. The van der Waals surface area contributed by atoms with Gasteiger partial charge < -0.3 is 10.5 Å². The maximum absolute atomic E-state index is 6.44. The quantitative estimate of drug-likeness (QED) is 0.884. The lowest BCUT2D eigenvalue weighted by molar-refractivity contribution is 0.406. The van der Waals surface area contributed by atoms with Crippen molar-refractivity contribution in [1.82, 2.24) is 0 Å². The van der Waals surface area contributed by atoms with Crippen LogP contribution in [0.1, 0.15) is 23.5 Å². The van der Waals surface area contributed by atoms with Crippen molar-refractivity contribution in [1.29, 1.82) is 0 Å². The van der Waals surface area contributed by atoms with Crippen LogP contribution in [0.15, 0.2) is 53.0 Å². The first-order valence-electron chi connectivity index (χ1n) is 7.32. The topological polar surface area (TPSA) is 35.2 Å². The van der Waals surface area contributed by atoms with Crippen LogP contribution in [0.3, 0.4) is 0 Å². The fraction of sp³-hybridized carbons (Fsp3) is 0.333. The lowest BCUT2D eigenvalue weighted by Crippen LogP contribution is -2.26. The number of halogens is 1. The predicted molar refractivity (Wildman–Crippen MR) is 89.7 cm³/mol. The molecule has 0 heterocycles. The third-order valence-electron chi connectivity index (χ3n) is 4.32. The fourth-order valence-corrected chi connectivity index (χ4v) is 3.49. The van der Waals surface area contributed by atoms with Gasteiger partial charge in [-0.25, -0.2) is 0 Å². The Morgan fingerprint density at radius 2 is 2.00 bits per heavy atom. The maximum atomic E-state index is 6.44. The molecule has 0 saturated heterocycles. The van der Waals surface area contributed by atoms with Gasteiger partial charge in [0.2, 0.25) is 0 Å². The summed E-state index contributed by atoms with van der Waals surface area (Å²) in [6.07, 6.45) is 2.05.